The summed E-state index contributed by atoms with van der Waals surface area (Å²) in [4.78, 5) is 71.9. The highest BCUT2D eigenvalue weighted by atomic mass is 35.5. The minimum absolute atomic E-state index is 0.0111. The van der Waals surface area contributed by atoms with Crippen LogP contribution >= 0.6 is 22.9 Å². The van der Waals surface area contributed by atoms with Crippen LogP contribution in [0.25, 0.3) is 10.4 Å². The predicted molar refractivity (Wildman–Crippen MR) is 278 cm³/mol. The zero-order chi connectivity index (χ0) is 51.9. The first-order chi connectivity index (χ1) is 34.0. The van der Waals surface area contributed by atoms with E-state index < -0.39 is 23.6 Å². The molecule has 0 unspecified atom stereocenters. The van der Waals surface area contributed by atoms with E-state index in [2.05, 4.69) is 69.5 Å². The number of hydrogen-bond donors (Lipinski definition) is 4. The first-order valence-corrected chi connectivity index (χ1v) is 26.5. The van der Waals surface area contributed by atoms with Crippen molar-refractivity contribution in [3.05, 3.63) is 99.4 Å². The number of aryl methyl sites for hydroxylation is 2. The van der Waals surface area contributed by atoms with E-state index in [1.54, 1.807) is 35.7 Å². The van der Waals surface area contributed by atoms with Gasteiger partial charge in [-0.3, -0.25) is 29.1 Å². The summed E-state index contributed by atoms with van der Waals surface area (Å²) in [6, 6.07) is 17.0. The molecule has 4 aliphatic rings. The van der Waals surface area contributed by atoms with Gasteiger partial charge in [-0.25, -0.2) is 4.98 Å². The number of likely N-dealkylation sites (tertiary alicyclic amines) is 2. The van der Waals surface area contributed by atoms with Crippen molar-refractivity contribution < 1.29 is 29.0 Å². The van der Waals surface area contributed by atoms with Gasteiger partial charge in [0.05, 0.1) is 50.9 Å². The summed E-state index contributed by atoms with van der Waals surface area (Å²) in [6.45, 7) is 20.7. The Morgan fingerprint density at radius 1 is 0.972 bits per heavy atom. The minimum Gasteiger partial charge on any atom is -0.489 e. The molecule has 4 fully saturated rings. The number of nitrogens with one attached hydrogen (secondary N) is 3. The number of carbonyl (C=O) groups excluding carboxylic acids is 4. The minimum atomic E-state index is -0.903. The lowest BCUT2D eigenvalue weighted by atomic mass is 9.49. The predicted octanol–water partition coefficient (Wildman–Crippen LogP) is 7.10. The van der Waals surface area contributed by atoms with Crippen LogP contribution in [0.1, 0.15) is 120 Å². The fraction of sp³-hybridized carbons (Fsp3) is 0.545. The molecule has 0 spiro atoms. The van der Waals surface area contributed by atoms with Gasteiger partial charge in [-0.05, 0) is 86.9 Å². The number of rotatable bonds is 16. The van der Waals surface area contributed by atoms with Gasteiger partial charge in [0.2, 0.25) is 17.7 Å². The van der Waals surface area contributed by atoms with Crippen LogP contribution in [0.2, 0.25) is 5.02 Å². The monoisotopic (exact) mass is 1020 g/mol. The van der Waals surface area contributed by atoms with Crippen LogP contribution in [0.5, 0.6) is 5.75 Å². The second kappa shape index (κ2) is 21.2. The van der Waals surface area contributed by atoms with Gasteiger partial charge in [0.15, 0.2) is 0 Å². The SMILES string of the molecule is Cc1ncsc1-c1ccc([C@H](C)NC(=O)[C@@H]2C[C@@H](O)CN2C(=O)[C@@H](NC(=O)CN2[C@H]3CC[C@H]2CN(CCCc2ccc(C(=O)N[C@H]4C(C)(C)[C@H](Oc5ccc(C#N)c(Cl)c5)C4(C)C)cn2)C3)C(C)(C)C)cc1. The first-order valence-electron chi connectivity index (χ1n) is 25.2. The van der Waals surface area contributed by atoms with Crippen molar-refractivity contribution in [3.63, 3.8) is 0 Å². The number of amides is 4. The Kier molecular flexibility index (Phi) is 15.6. The van der Waals surface area contributed by atoms with Crippen LogP contribution in [0.4, 0.5) is 0 Å². The highest BCUT2D eigenvalue weighted by Gasteiger charge is 2.64. The van der Waals surface area contributed by atoms with E-state index in [-0.39, 0.29) is 84.2 Å². The van der Waals surface area contributed by atoms with Gasteiger partial charge in [-0.2, -0.15) is 5.26 Å². The Labute approximate surface area is 433 Å². The molecular formula is C55H70ClN9O6S. The molecule has 6 atom stereocenters. The number of aliphatic hydroxyl groups is 1. The van der Waals surface area contributed by atoms with Crippen molar-refractivity contribution in [2.75, 3.05) is 32.7 Å². The average molecular weight is 1020 g/mol. The second-order valence-electron chi connectivity index (χ2n) is 22.6. The normalized spacial score (nSPS) is 24.4. The molecule has 2 aromatic heterocycles. The zero-order valence-electron chi connectivity index (χ0n) is 43.0. The zero-order valence-corrected chi connectivity index (χ0v) is 44.6. The Bertz CT molecular complexity index is 2650. The number of nitriles is 1. The van der Waals surface area contributed by atoms with Crippen molar-refractivity contribution in [3.8, 4) is 22.3 Å². The van der Waals surface area contributed by atoms with E-state index >= 15 is 0 Å². The van der Waals surface area contributed by atoms with Crippen LogP contribution in [0.3, 0.4) is 0 Å². The highest BCUT2D eigenvalue weighted by molar-refractivity contribution is 7.13. The molecule has 4 amide bonds. The van der Waals surface area contributed by atoms with Gasteiger partial charge in [0, 0.05) is 73.0 Å². The van der Waals surface area contributed by atoms with Crippen LogP contribution < -0.4 is 20.7 Å². The van der Waals surface area contributed by atoms with Crippen molar-refractivity contribution in [2.24, 2.45) is 16.2 Å². The summed E-state index contributed by atoms with van der Waals surface area (Å²) in [6.07, 6.45) is 4.34. The van der Waals surface area contributed by atoms with E-state index in [1.807, 2.05) is 76.5 Å². The number of aromatic nitrogens is 2. The Morgan fingerprint density at radius 2 is 1.67 bits per heavy atom. The quantitative estimate of drug-likeness (QED) is 0.0895. The van der Waals surface area contributed by atoms with E-state index in [4.69, 9.17) is 16.3 Å². The Morgan fingerprint density at radius 3 is 2.26 bits per heavy atom. The molecule has 4 N–H and O–H groups in total. The Hall–Kier alpha value is -5.44. The Balaban J connectivity index is 0.790. The third-order valence-corrected chi connectivity index (χ3v) is 16.8. The number of carbonyl (C=O) groups is 4. The van der Waals surface area contributed by atoms with Gasteiger partial charge in [0.1, 0.15) is 30.0 Å². The fourth-order valence-electron chi connectivity index (χ4n) is 11.9. The molecule has 17 heteroatoms. The largest absolute Gasteiger partial charge is 0.489 e. The second-order valence-corrected chi connectivity index (χ2v) is 23.9. The van der Waals surface area contributed by atoms with Gasteiger partial charge in [-0.15, -0.1) is 11.3 Å². The van der Waals surface area contributed by atoms with Crippen molar-refractivity contribution >= 4 is 46.6 Å². The molecule has 1 aliphatic carbocycles. The van der Waals surface area contributed by atoms with Crippen molar-refractivity contribution in [1.29, 1.82) is 5.26 Å². The van der Waals surface area contributed by atoms with Crippen LogP contribution in [0, 0.1) is 34.5 Å². The summed E-state index contributed by atoms with van der Waals surface area (Å²) in [5.74, 6) is -0.551. The topological polar surface area (TPSA) is 193 Å². The lowest BCUT2D eigenvalue weighted by molar-refractivity contribution is -0.164. The third kappa shape index (κ3) is 11.2. The molecule has 3 saturated heterocycles. The molecule has 15 nitrogen and oxygen atoms in total. The summed E-state index contributed by atoms with van der Waals surface area (Å²) < 4.78 is 6.38. The molecule has 0 radical (unpaired) electrons. The lowest BCUT2D eigenvalue weighted by Crippen LogP contribution is -2.74. The molecule has 384 valence electrons. The number of thiazole rings is 1. The number of benzene rings is 2. The molecule has 5 heterocycles. The molecule has 4 aromatic rings. The number of halogens is 1. The summed E-state index contributed by atoms with van der Waals surface area (Å²) in [7, 11) is 0. The number of β-amino-alcohol motifs (C(OH)–C–C–N with tert-alkyl or cyclic N) is 1. The molecule has 8 rings (SSSR count). The van der Waals surface area contributed by atoms with E-state index in [9.17, 15) is 29.5 Å². The number of fused-ring (bicyclic) bond motifs is 2. The van der Waals surface area contributed by atoms with Crippen LogP contribution in [-0.4, -0.2) is 129 Å². The number of pyridine rings is 1. The molecule has 72 heavy (non-hydrogen) atoms. The van der Waals surface area contributed by atoms with Crippen molar-refractivity contribution in [2.45, 2.75) is 143 Å². The maximum atomic E-state index is 14.4. The molecule has 2 bridgehead atoms. The van der Waals surface area contributed by atoms with E-state index in [1.165, 1.54) is 4.90 Å². The van der Waals surface area contributed by atoms with E-state index in [0.29, 0.717) is 21.9 Å². The van der Waals surface area contributed by atoms with Crippen molar-refractivity contribution in [1.82, 2.24) is 40.6 Å². The molecule has 1 saturated carbocycles. The average Bonchev–Trinajstić information content (AvgIpc) is 4.01. The van der Waals surface area contributed by atoms with Gasteiger partial charge >= 0.3 is 0 Å². The van der Waals surface area contributed by atoms with Gasteiger partial charge < -0.3 is 35.6 Å². The lowest BCUT2D eigenvalue weighted by Gasteiger charge is -2.63. The maximum absolute atomic E-state index is 14.4. The molecule has 2 aromatic carbocycles. The van der Waals surface area contributed by atoms with Crippen LogP contribution in [-0.2, 0) is 20.8 Å². The van der Waals surface area contributed by atoms with E-state index in [0.717, 1.165) is 72.7 Å². The summed E-state index contributed by atoms with van der Waals surface area (Å²) in [5.41, 5.74) is 5.13. The number of piperazine rings is 1. The van der Waals surface area contributed by atoms with Gasteiger partial charge in [-0.1, -0.05) is 84.3 Å². The third-order valence-electron chi connectivity index (χ3n) is 15.5. The number of ether oxygens (including phenoxy) is 1. The highest BCUT2D eigenvalue weighted by Crippen LogP contribution is 2.55. The number of nitrogens with zero attached hydrogens (tertiary/aromatic N) is 6. The smallest absolute Gasteiger partial charge is 0.253 e. The fourth-order valence-corrected chi connectivity index (χ4v) is 12.9. The maximum Gasteiger partial charge on any atom is 0.253 e. The number of aliphatic hydroxyl groups excluding tert-OH is 1. The summed E-state index contributed by atoms with van der Waals surface area (Å²) in [5, 5.41) is 29.8. The molecular weight excluding hydrogens is 950 g/mol. The van der Waals surface area contributed by atoms with Gasteiger partial charge in [0.25, 0.3) is 5.91 Å². The first kappa shape index (κ1) is 52.9. The standard InChI is InChI=1S/C55H70ClN9O6S/c1-32(34-12-14-35(15-13-34)46-33(2)59-31-72-46)60-49(69)44-23-41(66)29-65(44)50(70)47(53(3,4)5)61-45(67)30-64-39-19-20-40(64)28-63(27-39)22-10-11-38-18-16-37(26-58-38)48(68)62-51-54(6,7)52(55(51,8)9)71-42-21-17-36(25-57)43(56)24-42/h12-18,21,24,26,31-32,39-41,44,47,51-52,66H,10-11,19-20,22-23,27-30H2,1-9H3,(H,60,69)(H,61,67)(H,62,68)/t32-,39-,40-,41+,44-,47+,51-,52-/m0/s1. The summed E-state index contributed by atoms with van der Waals surface area (Å²) >= 11 is 7.85. The molecule has 3 aliphatic heterocycles. The van der Waals surface area contributed by atoms with Crippen LogP contribution in [0.15, 0.2) is 66.3 Å². The number of hydrogen-bond acceptors (Lipinski definition) is 12.